The number of carbonyl (C=O) groups excluding carboxylic acids is 1. The van der Waals surface area contributed by atoms with Crippen molar-refractivity contribution in [2.45, 2.75) is 63.5 Å². The van der Waals surface area contributed by atoms with Crippen molar-refractivity contribution in [2.75, 3.05) is 0 Å². The molecule has 0 saturated heterocycles. The molecule has 19 heavy (non-hydrogen) atoms. The van der Waals surface area contributed by atoms with E-state index in [4.69, 9.17) is 0 Å². The largest absolute Gasteiger partial charge is 0.337 e. The third-order valence-electron chi connectivity index (χ3n) is 4.42. The number of aryl methyl sites for hydroxylation is 1. The number of benzene rings is 1. The van der Waals surface area contributed by atoms with Crippen LogP contribution in [0.15, 0.2) is 30.3 Å². The summed E-state index contributed by atoms with van der Waals surface area (Å²) >= 11 is 0. The van der Waals surface area contributed by atoms with E-state index in [1.165, 1.54) is 44.1 Å². The van der Waals surface area contributed by atoms with Crippen LogP contribution in [0.4, 0.5) is 0 Å². The Balaban J connectivity index is 1.58. The first kappa shape index (κ1) is 12.7. The first-order valence-corrected chi connectivity index (χ1v) is 7.69. The van der Waals surface area contributed by atoms with E-state index in [0.717, 1.165) is 6.42 Å². The lowest BCUT2D eigenvalue weighted by Crippen LogP contribution is -2.40. The van der Waals surface area contributed by atoms with Crippen molar-refractivity contribution in [1.82, 2.24) is 4.90 Å². The first-order valence-electron chi connectivity index (χ1n) is 7.69. The first-order chi connectivity index (χ1) is 9.34. The molecule has 0 unspecified atom stereocenters. The van der Waals surface area contributed by atoms with Gasteiger partial charge < -0.3 is 4.90 Å². The van der Waals surface area contributed by atoms with E-state index in [-0.39, 0.29) is 0 Å². The summed E-state index contributed by atoms with van der Waals surface area (Å²) in [4.78, 5) is 14.8. The number of nitrogens with zero attached hydrogens (tertiary/aromatic N) is 1. The predicted octanol–water partition coefficient (Wildman–Crippen LogP) is 3.55. The van der Waals surface area contributed by atoms with Crippen LogP contribution in [0.1, 0.15) is 50.5 Å². The summed E-state index contributed by atoms with van der Waals surface area (Å²) in [6.45, 7) is 0. The van der Waals surface area contributed by atoms with Crippen LogP contribution < -0.4 is 0 Å². The number of hydrogen-bond donors (Lipinski definition) is 0. The van der Waals surface area contributed by atoms with Crippen molar-refractivity contribution in [1.29, 1.82) is 0 Å². The maximum absolute atomic E-state index is 12.5. The smallest absolute Gasteiger partial charge is 0.223 e. The monoisotopic (exact) mass is 257 g/mol. The van der Waals surface area contributed by atoms with Crippen molar-refractivity contribution in [2.24, 2.45) is 0 Å². The van der Waals surface area contributed by atoms with Gasteiger partial charge in [0.05, 0.1) is 0 Å². The highest BCUT2D eigenvalue weighted by atomic mass is 16.2. The lowest BCUT2D eigenvalue weighted by Gasteiger charge is -2.29. The summed E-state index contributed by atoms with van der Waals surface area (Å²) in [5.41, 5.74) is 1.28. The van der Waals surface area contributed by atoms with Crippen molar-refractivity contribution in [3.05, 3.63) is 35.9 Å². The van der Waals surface area contributed by atoms with E-state index in [2.05, 4.69) is 29.2 Å². The second kappa shape index (κ2) is 5.77. The Morgan fingerprint density at radius 2 is 1.63 bits per heavy atom. The highest BCUT2D eigenvalue weighted by Gasteiger charge is 2.37. The molecule has 0 radical (unpaired) electrons. The van der Waals surface area contributed by atoms with Gasteiger partial charge in [0.2, 0.25) is 5.91 Å². The topological polar surface area (TPSA) is 20.3 Å². The van der Waals surface area contributed by atoms with Gasteiger partial charge in [-0.15, -0.1) is 0 Å². The SMILES string of the molecule is O=C(CCc1ccccc1)N(C1CCCC1)C1CC1. The molecule has 2 saturated carbocycles. The Kier molecular flexibility index (Phi) is 3.86. The number of hydrogen-bond acceptors (Lipinski definition) is 1. The average molecular weight is 257 g/mol. The lowest BCUT2D eigenvalue weighted by molar-refractivity contribution is -0.134. The summed E-state index contributed by atoms with van der Waals surface area (Å²) in [6.07, 6.45) is 9.09. The van der Waals surface area contributed by atoms with Crippen LogP contribution in [-0.2, 0) is 11.2 Å². The molecule has 0 heterocycles. The minimum absolute atomic E-state index is 0.387. The molecule has 2 fully saturated rings. The van der Waals surface area contributed by atoms with Gasteiger partial charge in [0.15, 0.2) is 0 Å². The lowest BCUT2D eigenvalue weighted by atomic mass is 10.1. The van der Waals surface area contributed by atoms with Crippen LogP contribution in [-0.4, -0.2) is 22.9 Å². The van der Waals surface area contributed by atoms with Gasteiger partial charge in [0, 0.05) is 18.5 Å². The Hall–Kier alpha value is -1.31. The zero-order chi connectivity index (χ0) is 13.1. The molecule has 2 heteroatoms. The molecular weight excluding hydrogens is 234 g/mol. The number of rotatable bonds is 5. The molecule has 0 spiro atoms. The minimum atomic E-state index is 0.387. The van der Waals surface area contributed by atoms with Crippen LogP contribution in [0, 0.1) is 0 Å². The summed E-state index contributed by atoms with van der Waals surface area (Å²) in [5, 5.41) is 0. The Bertz CT molecular complexity index is 418. The molecule has 1 aromatic rings. The van der Waals surface area contributed by atoms with Gasteiger partial charge in [-0.2, -0.15) is 0 Å². The van der Waals surface area contributed by atoms with Gasteiger partial charge in [0.25, 0.3) is 0 Å². The van der Waals surface area contributed by atoms with E-state index >= 15 is 0 Å². The molecule has 0 bridgehead atoms. The Morgan fingerprint density at radius 1 is 1.00 bits per heavy atom. The van der Waals surface area contributed by atoms with Crippen LogP contribution >= 0.6 is 0 Å². The molecule has 1 aromatic carbocycles. The molecule has 2 aliphatic rings. The van der Waals surface area contributed by atoms with Gasteiger partial charge in [-0.05, 0) is 37.7 Å². The molecule has 1 amide bonds. The Morgan fingerprint density at radius 3 is 2.26 bits per heavy atom. The minimum Gasteiger partial charge on any atom is -0.337 e. The molecule has 3 rings (SSSR count). The van der Waals surface area contributed by atoms with Gasteiger partial charge in [-0.3, -0.25) is 4.79 Å². The highest BCUT2D eigenvalue weighted by molar-refractivity contribution is 5.77. The average Bonchev–Trinajstić information content (AvgIpc) is 3.12. The molecule has 0 N–H and O–H groups in total. The zero-order valence-corrected chi connectivity index (χ0v) is 11.6. The summed E-state index contributed by atoms with van der Waals surface area (Å²) in [7, 11) is 0. The maximum atomic E-state index is 12.5. The van der Waals surface area contributed by atoms with E-state index in [9.17, 15) is 4.79 Å². The quantitative estimate of drug-likeness (QED) is 0.790. The molecule has 2 nitrogen and oxygen atoms in total. The highest BCUT2D eigenvalue weighted by Crippen LogP contribution is 2.35. The van der Waals surface area contributed by atoms with Gasteiger partial charge in [-0.25, -0.2) is 0 Å². The van der Waals surface area contributed by atoms with Crippen LogP contribution in [0.5, 0.6) is 0 Å². The van der Waals surface area contributed by atoms with Crippen molar-refractivity contribution < 1.29 is 4.79 Å². The normalized spacial score (nSPS) is 19.6. The third-order valence-corrected chi connectivity index (χ3v) is 4.42. The van der Waals surface area contributed by atoms with Crippen LogP contribution in [0.3, 0.4) is 0 Å². The van der Waals surface area contributed by atoms with Gasteiger partial charge in [0.1, 0.15) is 0 Å². The van der Waals surface area contributed by atoms with Gasteiger partial charge in [-0.1, -0.05) is 43.2 Å². The molecular formula is C17H23NO. The summed E-state index contributed by atoms with van der Waals surface area (Å²) in [6, 6.07) is 11.5. The fourth-order valence-corrected chi connectivity index (χ4v) is 3.27. The fourth-order valence-electron chi connectivity index (χ4n) is 3.27. The standard InChI is InChI=1S/C17H23NO/c19-17(13-10-14-6-2-1-3-7-14)18(16-11-12-16)15-8-4-5-9-15/h1-3,6-7,15-16H,4-5,8-13H2. The fraction of sp³-hybridized carbons (Fsp3) is 0.588. The Labute approximate surface area is 115 Å². The molecule has 2 aliphatic carbocycles. The second-order valence-electron chi connectivity index (χ2n) is 5.96. The van der Waals surface area contributed by atoms with Gasteiger partial charge >= 0.3 is 0 Å². The van der Waals surface area contributed by atoms with Crippen LogP contribution in [0.2, 0.25) is 0 Å². The molecule has 0 aromatic heterocycles. The predicted molar refractivity (Wildman–Crippen MR) is 76.9 cm³/mol. The zero-order valence-electron chi connectivity index (χ0n) is 11.6. The van der Waals surface area contributed by atoms with Crippen molar-refractivity contribution in [3.63, 3.8) is 0 Å². The molecule has 0 aliphatic heterocycles. The van der Waals surface area contributed by atoms with E-state index in [1.54, 1.807) is 0 Å². The van der Waals surface area contributed by atoms with Crippen molar-refractivity contribution in [3.8, 4) is 0 Å². The second-order valence-corrected chi connectivity index (χ2v) is 5.96. The summed E-state index contributed by atoms with van der Waals surface area (Å²) < 4.78 is 0. The van der Waals surface area contributed by atoms with E-state index < -0.39 is 0 Å². The van der Waals surface area contributed by atoms with E-state index in [0.29, 0.717) is 24.4 Å². The summed E-state index contributed by atoms with van der Waals surface area (Å²) in [5.74, 6) is 0.387. The van der Waals surface area contributed by atoms with Crippen LogP contribution in [0.25, 0.3) is 0 Å². The number of amides is 1. The molecule has 0 atom stereocenters. The molecule has 102 valence electrons. The third kappa shape index (κ3) is 3.17. The maximum Gasteiger partial charge on any atom is 0.223 e. The number of carbonyl (C=O) groups is 1. The van der Waals surface area contributed by atoms with Crippen molar-refractivity contribution >= 4 is 5.91 Å². The van der Waals surface area contributed by atoms with E-state index in [1.807, 2.05) is 6.07 Å².